The van der Waals surface area contributed by atoms with E-state index in [2.05, 4.69) is 49.5 Å². The number of hydrogen-bond acceptors (Lipinski definition) is 6. The van der Waals surface area contributed by atoms with Crippen molar-refractivity contribution in [1.82, 2.24) is 30.3 Å². The second-order valence-electron chi connectivity index (χ2n) is 8.18. The van der Waals surface area contributed by atoms with Crippen molar-refractivity contribution < 1.29 is 4.42 Å². The first-order valence-corrected chi connectivity index (χ1v) is 10.6. The number of piperidine rings is 1. The quantitative estimate of drug-likeness (QED) is 0.412. The third-order valence-electron chi connectivity index (χ3n) is 6.28. The SMILES string of the molecule is Cc1c(-c2ccc3[nH]ncc3c2)oc2c(N)ncc(-c3cnn(C4CCNCC4)c3)c12. The Morgan fingerprint density at radius 2 is 2.00 bits per heavy atom. The lowest BCUT2D eigenvalue weighted by Crippen LogP contribution is -2.29. The van der Waals surface area contributed by atoms with Crippen molar-refractivity contribution in [3.05, 3.63) is 48.5 Å². The Morgan fingerprint density at radius 3 is 2.87 bits per heavy atom. The molecule has 1 saturated heterocycles. The van der Waals surface area contributed by atoms with Gasteiger partial charge in [0.05, 0.1) is 24.0 Å². The van der Waals surface area contributed by atoms with Crippen LogP contribution in [0.15, 0.2) is 47.4 Å². The molecule has 0 unspecified atom stereocenters. The molecule has 0 amide bonds. The Labute approximate surface area is 178 Å². The monoisotopic (exact) mass is 413 g/mol. The van der Waals surface area contributed by atoms with Crippen LogP contribution in [0.1, 0.15) is 24.4 Å². The highest BCUT2D eigenvalue weighted by Gasteiger charge is 2.22. The smallest absolute Gasteiger partial charge is 0.177 e. The summed E-state index contributed by atoms with van der Waals surface area (Å²) >= 11 is 0. The number of benzene rings is 1. The average Bonchev–Trinajstić information content (AvgIpc) is 3.54. The molecule has 0 radical (unpaired) electrons. The molecule has 4 N–H and O–H groups in total. The highest BCUT2D eigenvalue weighted by Crippen LogP contribution is 2.41. The summed E-state index contributed by atoms with van der Waals surface area (Å²) in [5.41, 5.74) is 11.9. The van der Waals surface area contributed by atoms with E-state index in [0.717, 1.165) is 70.2 Å². The molecule has 5 aromatic rings. The molecule has 5 heterocycles. The van der Waals surface area contributed by atoms with Crippen LogP contribution in [0.25, 0.3) is 44.3 Å². The van der Waals surface area contributed by atoms with Crippen LogP contribution in [0.5, 0.6) is 0 Å². The minimum absolute atomic E-state index is 0.392. The Bertz CT molecular complexity index is 1400. The number of aryl methyl sites for hydroxylation is 1. The molecule has 1 aliphatic heterocycles. The van der Waals surface area contributed by atoms with E-state index in [1.807, 2.05) is 30.7 Å². The van der Waals surface area contributed by atoms with Crippen molar-refractivity contribution in [2.75, 3.05) is 18.8 Å². The fraction of sp³-hybridized carbons (Fsp3) is 0.261. The number of anilines is 1. The molecule has 1 aliphatic rings. The van der Waals surface area contributed by atoms with Crippen molar-refractivity contribution in [2.45, 2.75) is 25.8 Å². The summed E-state index contributed by atoms with van der Waals surface area (Å²) in [6, 6.07) is 6.54. The summed E-state index contributed by atoms with van der Waals surface area (Å²) in [4.78, 5) is 4.42. The maximum absolute atomic E-state index is 6.27. The van der Waals surface area contributed by atoms with E-state index in [9.17, 15) is 0 Å². The third kappa shape index (κ3) is 2.90. The number of hydrogen-bond donors (Lipinski definition) is 3. The normalized spacial score (nSPS) is 15.3. The zero-order chi connectivity index (χ0) is 20.9. The van der Waals surface area contributed by atoms with Gasteiger partial charge in [0, 0.05) is 45.4 Å². The van der Waals surface area contributed by atoms with Crippen LogP contribution in [0.2, 0.25) is 0 Å². The second-order valence-corrected chi connectivity index (χ2v) is 8.18. The van der Waals surface area contributed by atoms with Gasteiger partial charge in [0.25, 0.3) is 0 Å². The van der Waals surface area contributed by atoms with Crippen LogP contribution in [0.3, 0.4) is 0 Å². The van der Waals surface area contributed by atoms with Gasteiger partial charge in [0.1, 0.15) is 5.76 Å². The van der Waals surface area contributed by atoms with Crippen LogP contribution in [-0.2, 0) is 0 Å². The lowest BCUT2D eigenvalue weighted by Gasteiger charge is -2.22. The van der Waals surface area contributed by atoms with E-state index in [0.29, 0.717) is 17.4 Å². The number of nitrogens with one attached hydrogen (secondary N) is 2. The number of nitrogens with two attached hydrogens (primary N) is 1. The number of nitrogen functional groups attached to an aromatic ring is 1. The molecule has 4 aromatic heterocycles. The van der Waals surface area contributed by atoms with Crippen LogP contribution in [0, 0.1) is 6.92 Å². The van der Waals surface area contributed by atoms with Crippen LogP contribution in [0.4, 0.5) is 5.82 Å². The molecule has 6 rings (SSSR count). The van der Waals surface area contributed by atoms with Crippen molar-refractivity contribution in [3.8, 4) is 22.5 Å². The number of pyridine rings is 1. The molecule has 0 spiro atoms. The van der Waals surface area contributed by atoms with Crippen molar-refractivity contribution in [3.63, 3.8) is 0 Å². The van der Waals surface area contributed by atoms with Gasteiger partial charge >= 0.3 is 0 Å². The van der Waals surface area contributed by atoms with Gasteiger partial charge in [-0.3, -0.25) is 9.78 Å². The van der Waals surface area contributed by atoms with Crippen molar-refractivity contribution >= 4 is 27.7 Å². The molecule has 0 atom stereocenters. The molecule has 0 aliphatic carbocycles. The largest absolute Gasteiger partial charge is 0.452 e. The van der Waals surface area contributed by atoms with Crippen molar-refractivity contribution in [1.29, 1.82) is 0 Å². The molecular formula is C23H23N7O. The second kappa shape index (κ2) is 6.95. The summed E-state index contributed by atoms with van der Waals surface area (Å²) in [7, 11) is 0. The van der Waals surface area contributed by atoms with Crippen LogP contribution >= 0.6 is 0 Å². The summed E-state index contributed by atoms with van der Waals surface area (Å²) in [5.74, 6) is 1.19. The lowest BCUT2D eigenvalue weighted by atomic mass is 10.0. The maximum atomic E-state index is 6.27. The van der Waals surface area contributed by atoms with Gasteiger partial charge in [-0.05, 0) is 51.1 Å². The molecule has 1 aromatic carbocycles. The van der Waals surface area contributed by atoms with Gasteiger partial charge < -0.3 is 15.5 Å². The molecule has 0 saturated carbocycles. The van der Waals surface area contributed by atoms with Gasteiger partial charge in [-0.25, -0.2) is 4.98 Å². The van der Waals surface area contributed by atoms with E-state index in [4.69, 9.17) is 10.2 Å². The Balaban J connectivity index is 1.48. The number of nitrogens with zero attached hydrogens (tertiary/aromatic N) is 4. The van der Waals surface area contributed by atoms with E-state index < -0.39 is 0 Å². The van der Waals surface area contributed by atoms with E-state index >= 15 is 0 Å². The first-order chi connectivity index (χ1) is 15.2. The van der Waals surface area contributed by atoms with Gasteiger partial charge in [-0.15, -0.1) is 0 Å². The van der Waals surface area contributed by atoms with Crippen molar-refractivity contribution in [2.24, 2.45) is 0 Å². The van der Waals surface area contributed by atoms with Gasteiger partial charge in [0.2, 0.25) is 0 Å². The first kappa shape index (κ1) is 18.1. The number of aromatic amines is 1. The number of rotatable bonds is 3. The standard InChI is InChI=1S/C23H23N7O/c1-13-20-18(16-10-28-30(12-16)17-4-6-25-7-5-17)11-26-23(24)22(20)31-21(13)14-2-3-19-15(8-14)9-27-29-19/h2-3,8-12,17,25H,4-7H2,1H3,(H2,24,26)(H,27,29). The van der Waals surface area contributed by atoms with Crippen LogP contribution < -0.4 is 11.1 Å². The number of fused-ring (bicyclic) bond motifs is 2. The van der Waals surface area contributed by atoms with E-state index in [1.165, 1.54) is 0 Å². The number of aromatic nitrogens is 5. The predicted octanol–water partition coefficient (Wildman–Crippen LogP) is 4.05. The fourth-order valence-electron chi connectivity index (χ4n) is 4.60. The zero-order valence-corrected chi connectivity index (χ0v) is 17.2. The van der Waals surface area contributed by atoms with Gasteiger partial charge in [-0.2, -0.15) is 10.2 Å². The molecule has 1 fully saturated rings. The first-order valence-electron chi connectivity index (χ1n) is 10.6. The highest BCUT2D eigenvalue weighted by atomic mass is 16.3. The Hall–Kier alpha value is -3.65. The van der Waals surface area contributed by atoms with E-state index in [1.54, 1.807) is 0 Å². The predicted molar refractivity (Wildman–Crippen MR) is 121 cm³/mol. The molecular weight excluding hydrogens is 390 g/mol. The summed E-state index contributed by atoms with van der Waals surface area (Å²) in [6.07, 6.45) is 9.84. The molecule has 31 heavy (non-hydrogen) atoms. The highest BCUT2D eigenvalue weighted by molar-refractivity contribution is 6.03. The Kier molecular flexibility index (Phi) is 4.07. The van der Waals surface area contributed by atoms with E-state index in [-0.39, 0.29) is 0 Å². The summed E-state index contributed by atoms with van der Waals surface area (Å²) in [6.45, 7) is 4.12. The topological polar surface area (TPSA) is 111 Å². The summed E-state index contributed by atoms with van der Waals surface area (Å²) < 4.78 is 8.36. The minimum Gasteiger partial charge on any atom is -0.452 e. The zero-order valence-electron chi connectivity index (χ0n) is 17.2. The minimum atomic E-state index is 0.392. The molecule has 8 heteroatoms. The summed E-state index contributed by atoms with van der Waals surface area (Å²) in [5, 5.41) is 17.2. The number of furan rings is 1. The Morgan fingerprint density at radius 1 is 1.13 bits per heavy atom. The van der Waals surface area contributed by atoms with Crippen LogP contribution in [-0.4, -0.2) is 38.1 Å². The average molecular weight is 413 g/mol. The lowest BCUT2D eigenvalue weighted by molar-refractivity contribution is 0.343. The molecule has 0 bridgehead atoms. The molecule has 8 nitrogen and oxygen atoms in total. The van der Waals surface area contributed by atoms with Gasteiger partial charge in [0.15, 0.2) is 11.4 Å². The molecule has 156 valence electrons. The fourth-order valence-corrected chi connectivity index (χ4v) is 4.60. The van der Waals surface area contributed by atoms with Gasteiger partial charge in [-0.1, -0.05) is 0 Å². The number of H-pyrrole nitrogens is 1. The third-order valence-corrected chi connectivity index (χ3v) is 6.28. The maximum Gasteiger partial charge on any atom is 0.177 e.